The number of carbonyl (C=O) groups is 1. The third-order valence-corrected chi connectivity index (χ3v) is 8.66. The lowest BCUT2D eigenvalue weighted by molar-refractivity contribution is 0.0696. The molecule has 0 unspecified atom stereocenters. The fourth-order valence-electron chi connectivity index (χ4n) is 3.30. The van der Waals surface area contributed by atoms with Gasteiger partial charge in [0.15, 0.2) is 0 Å². The molecule has 3 rings (SSSR count). The molecule has 3 aromatic rings. The molecule has 0 bridgehead atoms. The van der Waals surface area contributed by atoms with Crippen molar-refractivity contribution in [2.75, 3.05) is 10.8 Å². The minimum Gasteiger partial charge on any atom is -0.487 e. The van der Waals surface area contributed by atoms with E-state index < -0.39 is 16.0 Å². The van der Waals surface area contributed by atoms with Crippen LogP contribution in [0.1, 0.15) is 46.6 Å². The molecule has 1 heterocycles. The van der Waals surface area contributed by atoms with Gasteiger partial charge in [-0.15, -0.1) is 11.3 Å². The number of ether oxygens (including phenoxy) is 1. The lowest BCUT2D eigenvalue weighted by atomic mass is 10.1. The molecular weight excluding hydrogens is 496 g/mol. The van der Waals surface area contributed by atoms with E-state index in [2.05, 4.69) is 4.98 Å². The first-order chi connectivity index (χ1) is 15.9. The van der Waals surface area contributed by atoms with E-state index in [-0.39, 0.29) is 29.0 Å². The Labute approximate surface area is 209 Å². The first kappa shape index (κ1) is 26.0. The van der Waals surface area contributed by atoms with Crippen molar-refractivity contribution in [1.82, 2.24) is 4.98 Å². The van der Waals surface area contributed by atoms with Crippen LogP contribution < -0.4 is 9.04 Å². The molecule has 34 heavy (non-hydrogen) atoms. The van der Waals surface area contributed by atoms with Gasteiger partial charge in [-0.1, -0.05) is 31.5 Å². The number of hydrogen-bond acceptors (Lipinski definition) is 6. The smallest absolute Gasteiger partial charge is 0.335 e. The van der Waals surface area contributed by atoms with Gasteiger partial charge in [-0.2, -0.15) is 8.42 Å². The Morgan fingerprint density at radius 1 is 1.18 bits per heavy atom. The van der Waals surface area contributed by atoms with Crippen molar-refractivity contribution in [2.45, 2.75) is 45.6 Å². The molecule has 2 aromatic carbocycles. The molecule has 0 saturated carbocycles. The van der Waals surface area contributed by atoms with E-state index in [1.54, 1.807) is 43.5 Å². The van der Waals surface area contributed by atoms with Crippen LogP contribution in [-0.4, -0.2) is 31.0 Å². The molecular formula is C24H27ClN2O5S2. The highest BCUT2D eigenvalue weighted by Crippen LogP contribution is 2.38. The van der Waals surface area contributed by atoms with Crippen molar-refractivity contribution < 1.29 is 23.1 Å². The fourth-order valence-corrected chi connectivity index (χ4v) is 6.23. The Morgan fingerprint density at radius 2 is 1.88 bits per heavy atom. The number of aromatic carboxylic acids is 1. The highest BCUT2D eigenvalue weighted by molar-refractivity contribution is 7.94. The van der Waals surface area contributed by atoms with Gasteiger partial charge in [-0.25, -0.2) is 9.78 Å². The quantitative estimate of drug-likeness (QED) is 0.378. The Morgan fingerprint density at radius 3 is 2.44 bits per heavy atom. The number of anilines is 1. The van der Waals surface area contributed by atoms with E-state index in [1.165, 1.54) is 10.4 Å². The number of sulfonamides is 1. The number of hydrogen-bond donors (Lipinski definition) is 1. The topological polar surface area (TPSA) is 96.8 Å². The van der Waals surface area contributed by atoms with Crippen LogP contribution in [0.4, 0.5) is 5.69 Å². The monoisotopic (exact) mass is 522 g/mol. The summed E-state index contributed by atoms with van der Waals surface area (Å²) in [5.41, 5.74) is 3.45. The molecule has 10 heteroatoms. The minimum atomic E-state index is -3.95. The maximum absolute atomic E-state index is 13.6. The van der Waals surface area contributed by atoms with E-state index in [0.717, 1.165) is 28.0 Å². The summed E-state index contributed by atoms with van der Waals surface area (Å²) in [5.74, 6) is -0.617. The maximum Gasteiger partial charge on any atom is 0.335 e. The number of nitrogens with zero attached hydrogens (tertiary/aromatic N) is 2. The molecule has 0 amide bonds. The van der Waals surface area contributed by atoms with Crippen molar-refractivity contribution in [2.24, 2.45) is 5.92 Å². The number of benzene rings is 2. The van der Waals surface area contributed by atoms with E-state index in [0.29, 0.717) is 22.2 Å². The predicted molar refractivity (Wildman–Crippen MR) is 135 cm³/mol. The molecule has 0 aliphatic heterocycles. The normalized spacial score (nSPS) is 11.6. The second-order valence-corrected chi connectivity index (χ2v) is 11.8. The van der Waals surface area contributed by atoms with Crippen molar-refractivity contribution in [3.63, 3.8) is 0 Å². The summed E-state index contributed by atoms with van der Waals surface area (Å²) in [5, 5.41) is 11.3. The molecule has 0 saturated heterocycles. The minimum absolute atomic E-state index is 0.00778. The summed E-state index contributed by atoms with van der Waals surface area (Å²) in [6.07, 6.45) is 0. The number of aryl methyl sites for hydroxylation is 3. The van der Waals surface area contributed by atoms with Crippen molar-refractivity contribution in [1.29, 1.82) is 0 Å². The molecule has 1 aromatic heterocycles. The van der Waals surface area contributed by atoms with Crippen LogP contribution in [0, 0.1) is 26.7 Å². The van der Waals surface area contributed by atoms with Crippen LogP contribution in [0.15, 0.2) is 40.1 Å². The zero-order valence-corrected chi connectivity index (χ0v) is 22.0. The second kappa shape index (κ2) is 10.3. The number of halogens is 1. The first-order valence-electron chi connectivity index (χ1n) is 10.6. The third kappa shape index (κ3) is 5.71. The maximum atomic E-state index is 13.6. The molecule has 0 spiro atoms. The zero-order chi connectivity index (χ0) is 25.2. The average Bonchev–Trinajstić information content (AvgIpc) is 3.20. The summed E-state index contributed by atoms with van der Waals surface area (Å²) >= 11 is 7.48. The fraction of sp³-hybridized carbons (Fsp3) is 0.333. The molecule has 0 aliphatic carbocycles. The van der Waals surface area contributed by atoms with Crippen LogP contribution in [0.2, 0.25) is 5.02 Å². The summed E-state index contributed by atoms with van der Waals surface area (Å²) in [6, 6.07) is 8.11. The molecule has 0 aliphatic rings. The van der Waals surface area contributed by atoms with Crippen LogP contribution in [-0.2, 0) is 16.6 Å². The van der Waals surface area contributed by atoms with Crippen molar-refractivity contribution in [3.8, 4) is 5.75 Å². The van der Waals surface area contributed by atoms with Crippen LogP contribution >= 0.6 is 22.9 Å². The number of thiazole rings is 1. The SMILES string of the molecule is Cc1csc(S(=O)(=O)N(CC(C)C)c2cc(Cl)c(C)cc2OCc2ccc(C(=O)O)cc2C)n1. The standard InChI is InChI=1S/C24H27ClN2O5S2/c1-14(2)11-27(34(30,31)24-26-17(5)13-33-24)21-10-20(25)16(4)9-22(21)32-12-19-7-6-18(23(28)29)8-15(19)3/h6-10,13-14H,11-12H2,1-5H3,(H,28,29). The van der Waals surface area contributed by atoms with Gasteiger partial charge in [0.25, 0.3) is 10.0 Å². The number of carboxylic acid groups (broad SMARTS) is 1. The Kier molecular flexibility index (Phi) is 7.90. The van der Waals surface area contributed by atoms with Gasteiger partial charge >= 0.3 is 5.97 Å². The van der Waals surface area contributed by atoms with Crippen molar-refractivity contribution in [3.05, 3.63) is 68.7 Å². The van der Waals surface area contributed by atoms with Crippen LogP contribution in [0.3, 0.4) is 0 Å². The lowest BCUT2D eigenvalue weighted by Gasteiger charge is -2.27. The molecule has 7 nitrogen and oxygen atoms in total. The van der Waals surface area contributed by atoms with Gasteiger partial charge < -0.3 is 9.84 Å². The van der Waals surface area contributed by atoms with E-state index in [1.807, 2.05) is 20.8 Å². The van der Waals surface area contributed by atoms with Crippen LogP contribution in [0.25, 0.3) is 0 Å². The van der Waals surface area contributed by atoms with E-state index >= 15 is 0 Å². The summed E-state index contributed by atoms with van der Waals surface area (Å²) in [4.78, 5) is 15.4. The van der Waals surface area contributed by atoms with Crippen LogP contribution in [0.5, 0.6) is 5.75 Å². The van der Waals surface area contributed by atoms with E-state index in [9.17, 15) is 18.3 Å². The molecule has 1 N–H and O–H groups in total. The summed E-state index contributed by atoms with van der Waals surface area (Å²) < 4.78 is 34.6. The largest absolute Gasteiger partial charge is 0.487 e. The van der Waals surface area contributed by atoms with Gasteiger partial charge in [0.1, 0.15) is 12.4 Å². The Bertz CT molecular complexity index is 1320. The number of aromatic nitrogens is 1. The number of rotatable bonds is 9. The molecule has 0 fully saturated rings. The summed E-state index contributed by atoms with van der Waals surface area (Å²) in [6.45, 7) is 9.57. The van der Waals surface area contributed by atoms with E-state index in [4.69, 9.17) is 16.3 Å². The predicted octanol–water partition coefficient (Wildman–Crippen LogP) is 5.85. The van der Waals surface area contributed by atoms with Gasteiger partial charge in [-0.05, 0) is 67.6 Å². The first-order valence-corrected chi connectivity index (χ1v) is 13.3. The van der Waals surface area contributed by atoms with Gasteiger partial charge in [0.05, 0.1) is 11.3 Å². The lowest BCUT2D eigenvalue weighted by Crippen LogP contribution is -2.34. The zero-order valence-electron chi connectivity index (χ0n) is 19.6. The second-order valence-electron chi connectivity index (χ2n) is 8.49. The third-order valence-electron chi connectivity index (χ3n) is 5.12. The molecule has 182 valence electrons. The Balaban J connectivity index is 2.04. The average molecular weight is 523 g/mol. The van der Waals surface area contributed by atoms with Gasteiger partial charge in [0.2, 0.25) is 4.34 Å². The van der Waals surface area contributed by atoms with Gasteiger partial charge in [0, 0.05) is 22.6 Å². The summed E-state index contributed by atoms with van der Waals surface area (Å²) in [7, 11) is -3.95. The molecule has 0 radical (unpaired) electrons. The Hall–Kier alpha value is -2.62. The van der Waals surface area contributed by atoms with Crippen molar-refractivity contribution >= 4 is 44.6 Å². The highest BCUT2D eigenvalue weighted by atomic mass is 35.5. The highest BCUT2D eigenvalue weighted by Gasteiger charge is 2.31. The number of carboxylic acids is 1. The van der Waals surface area contributed by atoms with Gasteiger partial charge in [-0.3, -0.25) is 4.31 Å². The molecule has 0 atom stereocenters.